The van der Waals surface area contributed by atoms with Gasteiger partial charge in [0, 0.05) is 24.8 Å². The van der Waals surface area contributed by atoms with Gasteiger partial charge in [-0.25, -0.2) is 19.7 Å². The Bertz CT molecular complexity index is 1250. The fourth-order valence-electron chi connectivity index (χ4n) is 3.89. The lowest BCUT2D eigenvalue weighted by atomic mass is 9.94. The predicted molar refractivity (Wildman–Crippen MR) is 137 cm³/mol. The molecule has 1 aliphatic rings. The number of carbonyl (C=O) groups is 2. The van der Waals surface area contributed by atoms with Gasteiger partial charge in [-0.05, 0) is 26.2 Å². The minimum absolute atomic E-state index is 0.0664. The standard InChI is InChI=1S/C22H23Cl3N6O3S/c1-4-34-21(33)19-17(13-7-27-14(23)8-26-13)30-22(35-19)31-6-5-12(10(2)9-31)29-20(32)18-16(25)15(24)11(3)28-18/h7-8,10,12,28H,4-6,9H2,1-3H3,(H,29,32). The molecule has 1 fully saturated rings. The van der Waals surface area contributed by atoms with Crippen molar-refractivity contribution in [1.29, 1.82) is 0 Å². The molecule has 3 aromatic rings. The van der Waals surface area contributed by atoms with Crippen molar-refractivity contribution in [3.8, 4) is 11.4 Å². The lowest BCUT2D eigenvalue weighted by Crippen LogP contribution is -2.50. The summed E-state index contributed by atoms with van der Waals surface area (Å²) in [5.74, 6) is -0.653. The number of aromatic nitrogens is 4. The van der Waals surface area contributed by atoms with Crippen molar-refractivity contribution in [1.82, 2.24) is 25.3 Å². The average molecular weight is 558 g/mol. The smallest absolute Gasteiger partial charge is 0.350 e. The molecule has 9 nitrogen and oxygen atoms in total. The first-order chi connectivity index (χ1) is 16.7. The van der Waals surface area contributed by atoms with Gasteiger partial charge in [-0.1, -0.05) is 53.1 Å². The van der Waals surface area contributed by atoms with Gasteiger partial charge in [0.05, 0.1) is 29.0 Å². The number of amides is 1. The number of nitrogens with zero attached hydrogens (tertiary/aromatic N) is 4. The SMILES string of the molecule is CCOC(=O)c1sc(N2CCC(NC(=O)c3[nH]c(C)c(Cl)c3Cl)C(C)C2)nc1-c1cnc(Cl)cn1. The number of anilines is 1. The zero-order valence-corrected chi connectivity index (χ0v) is 22.3. The summed E-state index contributed by atoms with van der Waals surface area (Å²) in [5.41, 5.74) is 1.75. The van der Waals surface area contributed by atoms with E-state index in [0.29, 0.717) is 51.6 Å². The molecule has 0 aromatic carbocycles. The molecule has 1 amide bonds. The summed E-state index contributed by atoms with van der Waals surface area (Å²) in [4.78, 5) is 43.8. The van der Waals surface area contributed by atoms with Crippen molar-refractivity contribution in [2.75, 3.05) is 24.6 Å². The molecule has 2 N–H and O–H groups in total. The summed E-state index contributed by atoms with van der Waals surface area (Å²) in [5, 5.41) is 4.55. The molecule has 35 heavy (non-hydrogen) atoms. The van der Waals surface area contributed by atoms with Crippen molar-refractivity contribution >= 4 is 63.1 Å². The van der Waals surface area contributed by atoms with Gasteiger partial charge in [0.25, 0.3) is 5.91 Å². The van der Waals surface area contributed by atoms with Gasteiger partial charge in [-0.3, -0.25) is 4.79 Å². The number of rotatable bonds is 6. The molecule has 0 bridgehead atoms. The maximum absolute atomic E-state index is 12.8. The molecule has 186 valence electrons. The topological polar surface area (TPSA) is 113 Å². The fraction of sp³-hybridized carbons (Fsp3) is 0.409. The van der Waals surface area contributed by atoms with E-state index in [1.807, 2.05) is 0 Å². The quantitative estimate of drug-likeness (QED) is 0.409. The summed E-state index contributed by atoms with van der Waals surface area (Å²) < 4.78 is 5.23. The monoisotopic (exact) mass is 556 g/mol. The van der Waals surface area contributed by atoms with Crippen LogP contribution in [0, 0.1) is 12.8 Å². The van der Waals surface area contributed by atoms with Crippen LogP contribution in [0.4, 0.5) is 5.13 Å². The molecule has 3 aromatic heterocycles. The molecule has 2 atom stereocenters. The van der Waals surface area contributed by atoms with Crippen molar-refractivity contribution in [3.63, 3.8) is 0 Å². The second kappa shape index (κ2) is 10.7. The largest absolute Gasteiger partial charge is 0.462 e. The van der Waals surface area contributed by atoms with Gasteiger partial charge in [-0.2, -0.15) is 0 Å². The molecule has 4 rings (SSSR count). The van der Waals surface area contributed by atoms with Gasteiger partial charge in [0.2, 0.25) is 0 Å². The van der Waals surface area contributed by atoms with E-state index in [1.165, 1.54) is 23.7 Å². The van der Waals surface area contributed by atoms with Gasteiger partial charge >= 0.3 is 5.97 Å². The van der Waals surface area contributed by atoms with Crippen molar-refractivity contribution in [3.05, 3.63) is 43.9 Å². The number of piperidine rings is 1. The van der Waals surface area contributed by atoms with E-state index in [1.54, 1.807) is 13.8 Å². The lowest BCUT2D eigenvalue weighted by molar-refractivity contribution is 0.0532. The first kappa shape index (κ1) is 25.7. The summed E-state index contributed by atoms with van der Waals surface area (Å²) in [7, 11) is 0. The minimum Gasteiger partial charge on any atom is -0.462 e. The van der Waals surface area contributed by atoms with E-state index in [-0.39, 0.29) is 40.3 Å². The van der Waals surface area contributed by atoms with Crippen LogP contribution >= 0.6 is 46.1 Å². The van der Waals surface area contributed by atoms with Crippen molar-refractivity contribution in [2.45, 2.75) is 33.2 Å². The number of aryl methyl sites for hydroxylation is 1. The van der Waals surface area contributed by atoms with Crippen LogP contribution < -0.4 is 10.2 Å². The molecule has 2 unspecified atom stereocenters. The third kappa shape index (κ3) is 5.40. The Kier molecular flexibility index (Phi) is 7.85. The van der Waals surface area contributed by atoms with Gasteiger partial charge in [0.15, 0.2) is 5.13 Å². The van der Waals surface area contributed by atoms with Crippen LogP contribution in [-0.4, -0.2) is 57.6 Å². The third-order valence-electron chi connectivity index (χ3n) is 5.71. The number of ether oxygens (including phenoxy) is 1. The highest BCUT2D eigenvalue weighted by molar-refractivity contribution is 7.17. The highest BCUT2D eigenvalue weighted by Crippen LogP contribution is 2.35. The number of thiazole rings is 1. The molecular weight excluding hydrogens is 535 g/mol. The van der Waals surface area contributed by atoms with Crippen LogP contribution in [0.15, 0.2) is 12.4 Å². The zero-order chi connectivity index (χ0) is 25.3. The minimum atomic E-state index is -0.463. The molecule has 0 radical (unpaired) electrons. The summed E-state index contributed by atoms with van der Waals surface area (Å²) in [6, 6.07) is -0.0664. The lowest BCUT2D eigenvalue weighted by Gasteiger charge is -2.37. The first-order valence-electron chi connectivity index (χ1n) is 10.9. The molecule has 1 aliphatic heterocycles. The third-order valence-corrected chi connectivity index (χ3v) is 7.95. The molecule has 4 heterocycles. The van der Waals surface area contributed by atoms with E-state index < -0.39 is 5.97 Å². The normalized spacial score (nSPS) is 17.9. The van der Waals surface area contributed by atoms with Crippen LogP contribution in [0.3, 0.4) is 0 Å². The number of esters is 1. The van der Waals surface area contributed by atoms with E-state index in [0.717, 1.165) is 0 Å². The number of nitrogens with one attached hydrogen (secondary N) is 2. The van der Waals surface area contributed by atoms with Crippen LogP contribution in [0.1, 0.15) is 46.1 Å². The van der Waals surface area contributed by atoms with E-state index in [9.17, 15) is 9.59 Å². The number of carbonyl (C=O) groups excluding carboxylic acids is 2. The maximum atomic E-state index is 12.8. The average Bonchev–Trinajstić information content (AvgIpc) is 3.39. The Morgan fingerprint density at radius 2 is 2.03 bits per heavy atom. The Hall–Kier alpha value is -2.40. The maximum Gasteiger partial charge on any atom is 0.350 e. The highest BCUT2D eigenvalue weighted by atomic mass is 35.5. The van der Waals surface area contributed by atoms with Crippen LogP contribution in [0.2, 0.25) is 15.2 Å². The molecule has 1 saturated heterocycles. The van der Waals surface area contributed by atoms with Crippen molar-refractivity contribution < 1.29 is 14.3 Å². The van der Waals surface area contributed by atoms with Crippen LogP contribution in [-0.2, 0) is 4.74 Å². The molecule has 0 aliphatic carbocycles. The fourth-order valence-corrected chi connectivity index (χ4v) is 5.41. The predicted octanol–water partition coefficient (Wildman–Crippen LogP) is 5.02. The molecule has 0 spiro atoms. The second-order valence-electron chi connectivity index (χ2n) is 8.16. The Balaban J connectivity index is 1.51. The Morgan fingerprint density at radius 1 is 1.26 bits per heavy atom. The Morgan fingerprint density at radius 3 is 2.63 bits per heavy atom. The molecule has 13 heteroatoms. The van der Waals surface area contributed by atoms with E-state index in [4.69, 9.17) is 44.5 Å². The summed E-state index contributed by atoms with van der Waals surface area (Å²) >= 11 is 19.4. The number of hydrogen-bond donors (Lipinski definition) is 2. The van der Waals surface area contributed by atoms with E-state index in [2.05, 4.69) is 32.1 Å². The summed E-state index contributed by atoms with van der Waals surface area (Å²) in [6.45, 7) is 7.07. The van der Waals surface area contributed by atoms with E-state index >= 15 is 0 Å². The second-order valence-corrected chi connectivity index (χ2v) is 10.3. The van der Waals surface area contributed by atoms with Crippen LogP contribution in [0.5, 0.6) is 0 Å². The zero-order valence-electron chi connectivity index (χ0n) is 19.2. The van der Waals surface area contributed by atoms with Gasteiger partial charge < -0.3 is 19.9 Å². The summed E-state index contributed by atoms with van der Waals surface area (Å²) in [6.07, 6.45) is 3.57. The van der Waals surface area contributed by atoms with Crippen molar-refractivity contribution in [2.24, 2.45) is 5.92 Å². The van der Waals surface area contributed by atoms with Gasteiger partial charge in [-0.15, -0.1) is 0 Å². The number of hydrogen-bond acceptors (Lipinski definition) is 8. The number of aromatic amines is 1. The Labute approximate surface area is 221 Å². The number of halogens is 3. The first-order valence-corrected chi connectivity index (χ1v) is 12.9. The number of H-pyrrole nitrogens is 1. The molecular formula is C22H23Cl3N6O3S. The van der Waals surface area contributed by atoms with Gasteiger partial charge in [0.1, 0.15) is 27.1 Å². The molecule has 0 saturated carbocycles. The highest BCUT2D eigenvalue weighted by Gasteiger charge is 2.32. The van der Waals surface area contributed by atoms with Crippen LogP contribution in [0.25, 0.3) is 11.4 Å².